The van der Waals surface area contributed by atoms with Gasteiger partial charge in [-0.3, -0.25) is 14.5 Å². The lowest BCUT2D eigenvalue weighted by Crippen LogP contribution is -2.33. The van der Waals surface area contributed by atoms with Crippen LogP contribution >= 0.6 is 0 Å². The lowest BCUT2D eigenvalue weighted by Gasteiger charge is -2.16. The van der Waals surface area contributed by atoms with E-state index in [9.17, 15) is 9.59 Å². The van der Waals surface area contributed by atoms with E-state index in [1.54, 1.807) is 0 Å². The van der Waals surface area contributed by atoms with Crippen molar-refractivity contribution < 1.29 is 14.3 Å². The van der Waals surface area contributed by atoms with Crippen molar-refractivity contribution in [3.8, 4) is 5.75 Å². The van der Waals surface area contributed by atoms with E-state index in [2.05, 4.69) is 13.0 Å². The number of amides is 2. The molecule has 2 amide bonds. The molecule has 0 aliphatic carbocycles. The van der Waals surface area contributed by atoms with Crippen LogP contribution in [0, 0.1) is 20.8 Å². The van der Waals surface area contributed by atoms with E-state index < -0.39 is 0 Å². The van der Waals surface area contributed by atoms with Crippen molar-refractivity contribution in [1.29, 1.82) is 0 Å². The second-order valence-electron chi connectivity index (χ2n) is 4.71. The molecule has 19 heavy (non-hydrogen) atoms. The summed E-state index contributed by atoms with van der Waals surface area (Å²) >= 11 is 0. The molecule has 0 aromatic heterocycles. The van der Waals surface area contributed by atoms with Crippen molar-refractivity contribution in [1.82, 2.24) is 4.90 Å². The van der Waals surface area contributed by atoms with E-state index in [0.717, 1.165) is 16.9 Å². The molecule has 0 radical (unpaired) electrons. The Morgan fingerprint density at radius 1 is 0.947 bits per heavy atom. The lowest BCUT2D eigenvalue weighted by molar-refractivity contribution is -0.137. The van der Waals surface area contributed by atoms with Gasteiger partial charge in [-0.15, -0.1) is 0 Å². The second kappa shape index (κ2) is 5.26. The van der Waals surface area contributed by atoms with Gasteiger partial charge in [-0.25, -0.2) is 0 Å². The molecule has 100 valence electrons. The summed E-state index contributed by atoms with van der Waals surface area (Å²) < 4.78 is 5.66. The summed E-state index contributed by atoms with van der Waals surface area (Å²) in [7, 11) is 0. The van der Waals surface area contributed by atoms with Crippen LogP contribution in [0.1, 0.15) is 16.7 Å². The highest BCUT2D eigenvalue weighted by atomic mass is 16.5. The first-order valence-corrected chi connectivity index (χ1v) is 6.23. The number of aryl methyl sites for hydroxylation is 3. The Kier molecular flexibility index (Phi) is 3.69. The van der Waals surface area contributed by atoms with Gasteiger partial charge in [0.15, 0.2) is 0 Å². The number of hydrogen-bond acceptors (Lipinski definition) is 3. The molecule has 0 saturated carbocycles. The molecule has 0 atom stereocenters. The second-order valence-corrected chi connectivity index (χ2v) is 4.71. The molecule has 1 heterocycles. The Labute approximate surface area is 112 Å². The molecule has 1 aromatic carbocycles. The summed E-state index contributed by atoms with van der Waals surface area (Å²) in [5.74, 6) is 0.256. The molecule has 0 saturated heterocycles. The Hall–Kier alpha value is -2.10. The molecule has 4 heteroatoms. The minimum absolute atomic E-state index is 0.273. The van der Waals surface area contributed by atoms with Gasteiger partial charge in [0.2, 0.25) is 0 Å². The maximum absolute atomic E-state index is 11.4. The van der Waals surface area contributed by atoms with Crippen LogP contribution in [0.5, 0.6) is 5.75 Å². The molecular formula is C15H17NO3. The van der Waals surface area contributed by atoms with Gasteiger partial charge in [-0.2, -0.15) is 0 Å². The summed E-state index contributed by atoms with van der Waals surface area (Å²) in [6.07, 6.45) is 2.56. The fraction of sp³-hybridized carbons (Fsp3) is 0.333. The van der Waals surface area contributed by atoms with Crippen molar-refractivity contribution in [2.45, 2.75) is 20.8 Å². The van der Waals surface area contributed by atoms with E-state index in [-0.39, 0.29) is 18.4 Å². The van der Waals surface area contributed by atoms with Crippen LogP contribution in [-0.4, -0.2) is 29.9 Å². The standard InChI is InChI=1S/C15H17NO3/c1-10-8-12(3)13(9-11(10)2)19-7-6-16-14(17)4-5-15(16)18/h4-5,8-9H,6-7H2,1-3H3. The van der Waals surface area contributed by atoms with Crippen LogP contribution < -0.4 is 4.74 Å². The van der Waals surface area contributed by atoms with Gasteiger partial charge in [-0.1, -0.05) is 6.07 Å². The Morgan fingerprint density at radius 2 is 1.53 bits per heavy atom. The first kappa shape index (κ1) is 13.3. The zero-order valence-corrected chi connectivity index (χ0v) is 11.4. The van der Waals surface area contributed by atoms with Crippen LogP contribution in [0.3, 0.4) is 0 Å². The molecule has 0 N–H and O–H groups in total. The van der Waals surface area contributed by atoms with Crippen LogP contribution in [0.2, 0.25) is 0 Å². The first-order valence-electron chi connectivity index (χ1n) is 6.23. The van der Waals surface area contributed by atoms with Gasteiger partial charge in [0.1, 0.15) is 12.4 Å². The number of carbonyl (C=O) groups excluding carboxylic acids is 2. The Bertz CT molecular complexity index is 543. The number of ether oxygens (including phenoxy) is 1. The van der Waals surface area contributed by atoms with E-state index in [1.807, 2.05) is 19.9 Å². The SMILES string of the molecule is Cc1cc(C)c(OCCN2C(=O)C=CC2=O)cc1C. The number of nitrogens with zero attached hydrogens (tertiary/aromatic N) is 1. The summed E-state index contributed by atoms with van der Waals surface area (Å²) in [6.45, 7) is 6.65. The topological polar surface area (TPSA) is 46.6 Å². The largest absolute Gasteiger partial charge is 0.491 e. The summed E-state index contributed by atoms with van der Waals surface area (Å²) in [4.78, 5) is 23.9. The van der Waals surface area contributed by atoms with Gasteiger partial charge in [0.05, 0.1) is 6.54 Å². The highest BCUT2D eigenvalue weighted by Crippen LogP contribution is 2.22. The van der Waals surface area contributed by atoms with Gasteiger partial charge in [0.25, 0.3) is 11.8 Å². The smallest absolute Gasteiger partial charge is 0.253 e. The fourth-order valence-corrected chi connectivity index (χ4v) is 1.99. The van der Waals surface area contributed by atoms with Crippen LogP contribution in [0.15, 0.2) is 24.3 Å². The first-order chi connectivity index (χ1) is 8.99. The normalized spacial score (nSPS) is 14.4. The molecule has 0 bridgehead atoms. The number of imide groups is 1. The molecule has 1 aromatic rings. The monoisotopic (exact) mass is 259 g/mol. The Morgan fingerprint density at radius 3 is 2.16 bits per heavy atom. The number of rotatable bonds is 4. The molecule has 4 nitrogen and oxygen atoms in total. The third-order valence-electron chi connectivity index (χ3n) is 3.26. The van der Waals surface area contributed by atoms with Crippen molar-refractivity contribution in [2.24, 2.45) is 0 Å². The minimum Gasteiger partial charge on any atom is -0.491 e. The number of benzene rings is 1. The highest BCUT2D eigenvalue weighted by molar-refractivity contribution is 6.12. The van der Waals surface area contributed by atoms with Crippen molar-refractivity contribution >= 4 is 11.8 Å². The molecule has 1 aliphatic heterocycles. The van der Waals surface area contributed by atoms with Crippen molar-refractivity contribution in [3.63, 3.8) is 0 Å². The molecule has 0 unspecified atom stereocenters. The van der Waals surface area contributed by atoms with Crippen LogP contribution in [0.25, 0.3) is 0 Å². The van der Waals surface area contributed by atoms with E-state index in [1.165, 1.54) is 22.6 Å². The summed E-state index contributed by atoms with van der Waals surface area (Å²) in [6, 6.07) is 4.05. The van der Waals surface area contributed by atoms with Crippen LogP contribution in [0.4, 0.5) is 0 Å². The zero-order chi connectivity index (χ0) is 14.0. The van der Waals surface area contributed by atoms with E-state index in [4.69, 9.17) is 4.74 Å². The molecule has 0 spiro atoms. The summed E-state index contributed by atoms with van der Waals surface area (Å²) in [5.41, 5.74) is 3.44. The van der Waals surface area contributed by atoms with E-state index >= 15 is 0 Å². The lowest BCUT2D eigenvalue weighted by atomic mass is 10.1. The fourth-order valence-electron chi connectivity index (χ4n) is 1.99. The maximum Gasteiger partial charge on any atom is 0.253 e. The Balaban J connectivity index is 1.95. The molecule has 0 fully saturated rings. The third kappa shape index (κ3) is 2.84. The third-order valence-corrected chi connectivity index (χ3v) is 3.26. The zero-order valence-electron chi connectivity index (χ0n) is 11.4. The molecule has 1 aliphatic rings. The van der Waals surface area contributed by atoms with Crippen molar-refractivity contribution in [2.75, 3.05) is 13.2 Å². The average molecular weight is 259 g/mol. The quantitative estimate of drug-likeness (QED) is 0.776. The summed E-state index contributed by atoms with van der Waals surface area (Å²) in [5, 5.41) is 0. The molecule has 2 rings (SSSR count). The number of hydrogen-bond donors (Lipinski definition) is 0. The van der Waals surface area contributed by atoms with Gasteiger partial charge in [-0.05, 0) is 43.5 Å². The maximum atomic E-state index is 11.4. The van der Waals surface area contributed by atoms with Gasteiger partial charge in [0, 0.05) is 12.2 Å². The minimum atomic E-state index is -0.273. The van der Waals surface area contributed by atoms with E-state index in [0.29, 0.717) is 6.61 Å². The number of carbonyl (C=O) groups is 2. The predicted octanol–water partition coefficient (Wildman–Crippen LogP) is 1.92. The highest BCUT2D eigenvalue weighted by Gasteiger charge is 2.22. The molecular weight excluding hydrogens is 242 g/mol. The predicted molar refractivity (Wildman–Crippen MR) is 72.0 cm³/mol. The average Bonchev–Trinajstić information content (AvgIpc) is 2.67. The van der Waals surface area contributed by atoms with Gasteiger partial charge < -0.3 is 4.74 Å². The van der Waals surface area contributed by atoms with Crippen LogP contribution in [-0.2, 0) is 9.59 Å². The van der Waals surface area contributed by atoms with Crippen molar-refractivity contribution in [3.05, 3.63) is 41.0 Å². The van der Waals surface area contributed by atoms with Gasteiger partial charge >= 0.3 is 0 Å².